The molecule has 19 heavy (non-hydrogen) atoms. The lowest BCUT2D eigenvalue weighted by Gasteiger charge is -2.06. The van der Waals surface area contributed by atoms with Crippen molar-refractivity contribution in [1.29, 1.82) is 0 Å². The summed E-state index contributed by atoms with van der Waals surface area (Å²) in [6, 6.07) is 10.3. The molecule has 5 nitrogen and oxygen atoms in total. The van der Waals surface area contributed by atoms with Crippen LogP contribution in [0.15, 0.2) is 42.5 Å². The molecule has 0 atom stereocenters. The van der Waals surface area contributed by atoms with E-state index in [1.165, 1.54) is 18.2 Å². The van der Waals surface area contributed by atoms with E-state index in [0.29, 0.717) is 22.6 Å². The number of nitro benzene ring substituents is 1. The standard InChI is InChI=1S/C13H8ClNO4/c14-10-3-6-12(15(17)18)13(7-10)19-11-4-1-9(8-16)2-5-11/h1-8H. The zero-order chi connectivity index (χ0) is 13.8. The van der Waals surface area contributed by atoms with Gasteiger partial charge in [0.25, 0.3) is 0 Å². The Morgan fingerprint density at radius 3 is 2.42 bits per heavy atom. The van der Waals surface area contributed by atoms with E-state index in [1.807, 2.05) is 0 Å². The Hall–Kier alpha value is -2.40. The van der Waals surface area contributed by atoms with E-state index >= 15 is 0 Å². The van der Waals surface area contributed by atoms with Gasteiger partial charge in [0.2, 0.25) is 5.75 Å². The lowest BCUT2D eigenvalue weighted by molar-refractivity contribution is -0.385. The summed E-state index contributed by atoms with van der Waals surface area (Å²) in [7, 11) is 0. The minimum Gasteiger partial charge on any atom is -0.450 e. The molecule has 2 aromatic carbocycles. The number of hydrogen-bond donors (Lipinski definition) is 0. The number of halogens is 1. The van der Waals surface area contributed by atoms with E-state index < -0.39 is 4.92 Å². The summed E-state index contributed by atoms with van der Waals surface area (Å²) < 4.78 is 5.41. The van der Waals surface area contributed by atoms with Gasteiger partial charge in [-0.15, -0.1) is 0 Å². The molecule has 0 aromatic heterocycles. The van der Waals surface area contributed by atoms with Gasteiger partial charge in [-0.3, -0.25) is 14.9 Å². The molecule has 0 unspecified atom stereocenters. The molecule has 0 aliphatic carbocycles. The molecule has 2 rings (SSSR count). The normalized spacial score (nSPS) is 9.95. The van der Waals surface area contributed by atoms with Crippen molar-refractivity contribution in [2.75, 3.05) is 0 Å². The monoisotopic (exact) mass is 277 g/mol. The third-order valence-corrected chi connectivity index (χ3v) is 2.60. The smallest absolute Gasteiger partial charge is 0.311 e. The third-order valence-electron chi connectivity index (χ3n) is 2.36. The minimum absolute atomic E-state index is 0.0522. The fourth-order valence-electron chi connectivity index (χ4n) is 1.46. The average molecular weight is 278 g/mol. The Balaban J connectivity index is 2.33. The molecule has 0 saturated heterocycles. The molecule has 0 spiro atoms. The van der Waals surface area contributed by atoms with Gasteiger partial charge in [0, 0.05) is 22.7 Å². The maximum absolute atomic E-state index is 10.9. The van der Waals surface area contributed by atoms with Crippen LogP contribution in [0.2, 0.25) is 5.02 Å². The van der Waals surface area contributed by atoms with Gasteiger partial charge in [0.15, 0.2) is 0 Å². The van der Waals surface area contributed by atoms with E-state index in [4.69, 9.17) is 16.3 Å². The summed E-state index contributed by atoms with van der Waals surface area (Å²) in [6.07, 6.45) is 0.700. The summed E-state index contributed by atoms with van der Waals surface area (Å²) in [5, 5.41) is 11.2. The van der Waals surface area contributed by atoms with Gasteiger partial charge < -0.3 is 4.74 Å². The number of carbonyl (C=O) groups is 1. The van der Waals surface area contributed by atoms with Crippen molar-refractivity contribution >= 4 is 23.6 Å². The molecule has 0 heterocycles. The average Bonchev–Trinajstić information content (AvgIpc) is 2.39. The van der Waals surface area contributed by atoms with E-state index in [2.05, 4.69) is 0 Å². The fourth-order valence-corrected chi connectivity index (χ4v) is 1.62. The third kappa shape index (κ3) is 3.08. The molecule has 0 saturated carbocycles. The van der Waals surface area contributed by atoms with Crippen LogP contribution in [-0.4, -0.2) is 11.2 Å². The molecule has 96 valence electrons. The van der Waals surface area contributed by atoms with Crippen LogP contribution in [0.4, 0.5) is 5.69 Å². The fraction of sp³-hybridized carbons (Fsp3) is 0. The van der Waals surface area contributed by atoms with Gasteiger partial charge in [-0.25, -0.2) is 0 Å². The first-order valence-corrected chi connectivity index (χ1v) is 5.65. The van der Waals surface area contributed by atoms with Crippen LogP contribution >= 0.6 is 11.6 Å². The summed E-state index contributed by atoms with van der Waals surface area (Å²) >= 11 is 5.79. The van der Waals surface area contributed by atoms with Crippen molar-refractivity contribution in [2.45, 2.75) is 0 Å². The maximum atomic E-state index is 10.9. The number of carbonyl (C=O) groups excluding carboxylic acids is 1. The highest BCUT2D eigenvalue weighted by molar-refractivity contribution is 6.30. The highest BCUT2D eigenvalue weighted by atomic mass is 35.5. The summed E-state index contributed by atoms with van der Waals surface area (Å²) in [5.74, 6) is 0.437. The molecule has 0 aliphatic rings. The van der Waals surface area contributed by atoms with Gasteiger partial charge in [0.1, 0.15) is 12.0 Å². The quantitative estimate of drug-likeness (QED) is 0.483. The summed E-state index contributed by atoms with van der Waals surface area (Å²) in [6.45, 7) is 0. The second-order valence-corrected chi connectivity index (χ2v) is 4.09. The van der Waals surface area contributed by atoms with Crippen molar-refractivity contribution < 1.29 is 14.5 Å². The zero-order valence-corrected chi connectivity index (χ0v) is 10.3. The SMILES string of the molecule is O=Cc1ccc(Oc2cc(Cl)ccc2[N+](=O)[O-])cc1. The highest BCUT2D eigenvalue weighted by Gasteiger charge is 2.16. The Kier molecular flexibility index (Phi) is 3.77. The Morgan fingerprint density at radius 2 is 1.84 bits per heavy atom. The van der Waals surface area contributed by atoms with Gasteiger partial charge in [-0.2, -0.15) is 0 Å². The van der Waals surface area contributed by atoms with E-state index in [-0.39, 0.29) is 11.4 Å². The molecule has 0 fully saturated rings. The van der Waals surface area contributed by atoms with Crippen molar-refractivity contribution in [3.05, 3.63) is 63.2 Å². The number of ether oxygens (including phenoxy) is 1. The number of nitrogens with zero attached hydrogens (tertiary/aromatic N) is 1. The van der Waals surface area contributed by atoms with Crippen molar-refractivity contribution in [3.8, 4) is 11.5 Å². The second kappa shape index (κ2) is 5.49. The predicted octanol–water partition coefficient (Wildman–Crippen LogP) is 3.85. The molecule has 6 heteroatoms. The molecule has 0 amide bonds. The predicted molar refractivity (Wildman–Crippen MR) is 70.0 cm³/mol. The van der Waals surface area contributed by atoms with Crippen LogP contribution in [0.25, 0.3) is 0 Å². The van der Waals surface area contributed by atoms with Gasteiger partial charge in [-0.05, 0) is 30.3 Å². The lowest BCUT2D eigenvalue weighted by atomic mass is 10.2. The summed E-state index contributed by atoms with van der Waals surface area (Å²) in [5.41, 5.74) is 0.316. The van der Waals surface area contributed by atoms with Crippen molar-refractivity contribution in [1.82, 2.24) is 0 Å². The zero-order valence-electron chi connectivity index (χ0n) is 9.58. The van der Waals surface area contributed by atoms with Crippen molar-refractivity contribution in [3.63, 3.8) is 0 Å². The number of hydrogen-bond acceptors (Lipinski definition) is 4. The van der Waals surface area contributed by atoms with Crippen LogP contribution in [0.3, 0.4) is 0 Å². The van der Waals surface area contributed by atoms with Crippen molar-refractivity contribution in [2.24, 2.45) is 0 Å². The summed E-state index contributed by atoms with van der Waals surface area (Å²) in [4.78, 5) is 20.8. The molecular formula is C13H8ClNO4. The molecule has 0 aliphatic heterocycles. The first kappa shape index (κ1) is 13.0. The topological polar surface area (TPSA) is 69.4 Å². The van der Waals surface area contributed by atoms with Crippen LogP contribution in [0.1, 0.15) is 10.4 Å². The van der Waals surface area contributed by atoms with Crippen LogP contribution in [-0.2, 0) is 0 Å². The maximum Gasteiger partial charge on any atom is 0.311 e. The molecule has 0 radical (unpaired) electrons. The lowest BCUT2D eigenvalue weighted by Crippen LogP contribution is -1.93. The van der Waals surface area contributed by atoms with E-state index in [9.17, 15) is 14.9 Å². The Labute approximate surface area is 113 Å². The van der Waals surface area contributed by atoms with E-state index in [0.717, 1.165) is 0 Å². The molecule has 0 N–H and O–H groups in total. The van der Waals surface area contributed by atoms with Crippen LogP contribution < -0.4 is 4.74 Å². The minimum atomic E-state index is -0.550. The Morgan fingerprint density at radius 1 is 1.16 bits per heavy atom. The van der Waals surface area contributed by atoms with Gasteiger partial charge >= 0.3 is 5.69 Å². The van der Waals surface area contributed by atoms with Gasteiger partial charge in [-0.1, -0.05) is 11.6 Å². The largest absolute Gasteiger partial charge is 0.450 e. The number of aldehydes is 1. The molecule has 2 aromatic rings. The molecule has 0 bridgehead atoms. The second-order valence-electron chi connectivity index (χ2n) is 3.66. The Bertz CT molecular complexity index is 625. The molecular weight excluding hydrogens is 270 g/mol. The number of nitro groups is 1. The van der Waals surface area contributed by atoms with Crippen LogP contribution in [0.5, 0.6) is 11.5 Å². The number of rotatable bonds is 4. The number of benzene rings is 2. The van der Waals surface area contributed by atoms with Crippen LogP contribution in [0, 0.1) is 10.1 Å². The highest BCUT2D eigenvalue weighted by Crippen LogP contribution is 2.33. The first-order valence-electron chi connectivity index (χ1n) is 5.27. The van der Waals surface area contributed by atoms with E-state index in [1.54, 1.807) is 24.3 Å². The first-order chi connectivity index (χ1) is 9.10. The van der Waals surface area contributed by atoms with Gasteiger partial charge in [0.05, 0.1) is 4.92 Å².